The summed E-state index contributed by atoms with van der Waals surface area (Å²) in [4.78, 5) is 0. The molecule has 1 aliphatic rings. The van der Waals surface area contributed by atoms with E-state index in [4.69, 9.17) is 0 Å². The van der Waals surface area contributed by atoms with Gasteiger partial charge in [0.1, 0.15) is 0 Å². The van der Waals surface area contributed by atoms with E-state index in [0.717, 1.165) is 19.3 Å². The first-order valence-electron chi connectivity index (χ1n) is 5.60. The monoisotopic (exact) mass is 201 g/mol. The molecule has 1 heterocycles. The number of benzene rings is 1. The molecule has 1 fully saturated rings. The Kier molecular flexibility index (Phi) is 2.03. The zero-order chi connectivity index (χ0) is 10.3. The number of hydrogen-bond donors (Lipinski definition) is 1. The molecule has 2 nitrogen and oxygen atoms in total. The second-order valence-electron chi connectivity index (χ2n) is 4.35. The van der Waals surface area contributed by atoms with Gasteiger partial charge in [-0.25, -0.2) is 0 Å². The minimum absolute atomic E-state index is 0.166. The fraction of sp³-hybridized carbons (Fsp3) is 0.385. The standard InChI is InChI=1S/C13H15NO/c15-13-7-3-6-12(13)14-9-8-10-4-1-2-5-11(10)14/h1-2,4-5,8-9,12-13,15H,3,6-7H2/t12-,13+/m1/s1. The Morgan fingerprint density at radius 3 is 2.80 bits per heavy atom. The van der Waals surface area contributed by atoms with Crippen molar-refractivity contribution in [3.63, 3.8) is 0 Å². The molecular weight excluding hydrogens is 186 g/mol. The average molecular weight is 201 g/mol. The third kappa shape index (κ3) is 1.37. The van der Waals surface area contributed by atoms with E-state index in [1.165, 1.54) is 10.9 Å². The van der Waals surface area contributed by atoms with Gasteiger partial charge in [-0.1, -0.05) is 18.2 Å². The third-order valence-electron chi connectivity index (χ3n) is 3.43. The molecule has 1 aliphatic carbocycles. The molecule has 0 bridgehead atoms. The van der Waals surface area contributed by atoms with Gasteiger partial charge in [-0.15, -0.1) is 0 Å². The molecule has 78 valence electrons. The largest absolute Gasteiger partial charge is 0.391 e. The lowest BCUT2D eigenvalue weighted by atomic mass is 10.2. The summed E-state index contributed by atoms with van der Waals surface area (Å²) in [5.74, 6) is 0. The zero-order valence-corrected chi connectivity index (χ0v) is 8.63. The Balaban J connectivity index is 2.10. The second-order valence-corrected chi connectivity index (χ2v) is 4.35. The van der Waals surface area contributed by atoms with Crippen LogP contribution in [0, 0.1) is 0 Å². The first kappa shape index (κ1) is 8.98. The van der Waals surface area contributed by atoms with Crippen molar-refractivity contribution in [3.8, 4) is 0 Å². The van der Waals surface area contributed by atoms with Gasteiger partial charge in [-0.2, -0.15) is 0 Å². The lowest BCUT2D eigenvalue weighted by molar-refractivity contribution is 0.138. The summed E-state index contributed by atoms with van der Waals surface area (Å²) in [6.45, 7) is 0. The van der Waals surface area contributed by atoms with Gasteiger partial charge in [0.2, 0.25) is 0 Å². The van der Waals surface area contributed by atoms with Crippen LogP contribution in [0.3, 0.4) is 0 Å². The SMILES string of the molecule is O[C@H]1CCC[C@H]1n1ccc2ccccc21. The minimum Gasteiger partial charge on any atom is -0.391 e. The Hall–Kier alpha value is -1.28. The second kappa shape index (κ2) is 3.38. The Bertz CT molecular complexity index is 474. The number of nitrogens with zero attached hydrogens (tertiary/aromatic N) is 1. The predicted octanol–water partition coefficient (Wildman–Crippen LogP) is 2.73. The quantitative estimate of drug-likeness (QED) is 0.754. The molecule has 15 heavy (non-hydrogen) atoms. The van der Waals surface area contributed by atoms with Crippen LogP contribution < -0.4 is 0 Å². The van der Waals surface area contributed by atoms with Crippen LogP contribution in [0.15, 0.2) is 36.5 Å². The molecule has 1 N–H and O–H groups in total. The number of para-hydroxylation sites is 1. The van der Waals surface area contributed by atoms with Gasteiger partial charge in [-0.05, 0) is 36.8 Å². The van der Waals surface area contributed by atoms with Crippen LogP contribution in [0.5, 0.6) is 0 Å². The fourth-order valence-corrected chi connectivity index (χ4v) is 2.64. The molecule has 0 saturated heterocycles. The van der Waals surface area contributed by atoms with Crippen molar-refractivity contribution in [3.05, 3.63) is 36.5 Å². The Morgan fingerprint density at radius 1 is 1.13 bits per heavy atom. The number of rotatable bonds is 1. The van der Waals surface area contributed by atoms with Crippen molar-refractivity contribution in [1.82, 2.24) is 4.57 Å². The molecule has 2 aromatic rings. The highest BCUT2D eigenvalue weighted by molar-refractivity contribution is 5.80. The summed E-state index contributed by atoms with van der Waals surface area (Å²) in [6, 6.07) is 10.8. The predicted molar refractivity (Wildman–Crippen MR) is 60.8 cm³/mol. The molecule has 0 aliphatic heterocycles. The van der Waals surface area contributed by atoms with Crippen molar-refractivity contribution in [1.29, 1.82) is 0 Å². The smallest absolute Gasteiger partial charge is 0.0747 e. The summed E-state index contributed by atoms with van der Waals surface area (Å²) < 4.78 is 2.23. The molecule has 0 radical (unpaired) electrons. The Labute approximate surface area is 89.1 Å². The average Bonchev–Trinajstić information content (AvgIpc) is 2.83. The van der Waals surface area contributed by atoms with Crippen molar-refractivity contribution in [2.75, 3.05) is 0 Å². The summed E-state index contributed by atoms with van der Waals surface area (Å²) in [5.41, 5.74) is 1.24. The van der Waals surface area contributed by atoms with Crippen LogP contribution in [-0.4, -0.2) is 15.8 Å². The number of aliphatic hydroxyl groups is 1. The van der Waals surface area contributed by atoms with Gasteiger partial charge in [0.15, 0.2) is 0 Å². The molecule has 1 aromatic heterocycles. The number of aromatic nitrogens is 1. The Morgan fingerprint density at radius 2 is 2.00 bits per heavy atom. The van der Waals surface area contributed by atoms with Crippen molar-refractivity contribution >= 4 is 10.9 Å². The number of hydrogen-bond acceptors (Lipinski definition) is 1. The zero-order valence-electron chi connectivity index (χ0n) is 8.63. The van der Waals surface area contributed by atoms with Crippen molar-refractivity contribution in [2.45, 2.75) is 31.4 Å². The van der Waals surface area contributed by atoms with Crippen LogP contribution in [0.4, 0.5) is 0 Å². The molecule has 2 heteroatoms. The summed E-state index contributed by atoms with van der Waals surface area (Å²) in [5, 5.41) is 11.2. The lowest BCUT2D eigenvalue weighted by Gasteiger charge is -2.17. The first-order chi connectivity index (χ1) is 7.36. The van der Waals surface area contributed by atoms with Crippen LogP contribution >= 0.6 is 0 Å². The van der Waals surface area contributed by atoms with Crippen LogP contribution in [0.25, 0.3) is 10.9 Å². The van der Waals surface area contributed by atoms with Gasteiger partial charge in [0.05, 0.1) is 12.1 Å². The summed E-state index contributed by atoms with van der Waals surface area (Å²) >= 11 is 0. The van der Waals surface area contributed by atoms with Crippen molar-refractivity contribution in [2.24, 2.45) is 0 Å². The fourth-order valence-electron chi connectivity index (χ4n) is 2.64. The molecule has 1 saturated carbocycles. The first-order valence-corrected chi connectivity index (χ1v) is 5.60. The van der Waals surface area contributed by atoms with E-state index in [-0.39, 0.29) is 12.1 Å². The van der Waals surface area contributed by atoms with Gasteiger partial charge in [0.25, 0.3) is 0 Å². The van der Waals surface area contributed by atoms with E-state index in [2.05, 4.69) is 41.1 Å². The van der Waals surface area contributed by atoms with E-state index >= 15 is 0 Å². The van der Waals surface area contributed by atoms with E-state index < -0.39 is 0 Å². The molecule has 0 spiro atoms. The molecule has 0 amide bonds. The topological polar surface area (TPSA) is 25.2 Å². The number of aliphatic hydroxyl groups excluding tert-OH is 1. The third-order valence-corrected chi connectivity index (χ3v) is 3.43. The maximum atomic E-state index is 9.90. The van der Waals surface area contributed by atoms with Crippen molar-refractivity contribution < 1.29 is 5.11 Å². The normalized spacial score (nSPS) is 26.2. The van der Waals surface area contributed by atoms with Gasteiger partial charge >= 0.3 is 0 Å². The summed E-state index contributed by atoms with van der Waals surface area (Å²) in [7, 11) is 0. The molecular formula is C13H15NO. The van der Waals surface area contributed by atoms with E-state index in [1.807, 2.05) is 0 Å². The lowest BCUT2D eigenvalue weighted by Crippen LogP contribution is -2.17. The maximum Gasteiger partial charge on any atom is 0.0747 e. The number of fused-ring (bicyclic) bond motifs is 1. The highest BCUT2D eigenvalue weighted by Crippen LogP contribution is 2.32. The van der Waals surface area contributed by atoms with E-state index in [1.54, 1.807) is 0 Å². The maximum absolute atomic E-state index is 9.90. The highest BCUT2D eigenvalue weighted by Gasteiger charge is 2.26. The highest BCUT2D eigenvalue weighted by atomic mass is 16.3. The van der Waals surface area contributed by atoms with Crippen LogP contribution in [-0.2, 0) is 0 Å². The van der Waals surface area contributed by atoms with E-state index in [0.29, 0.717) is 0 Å². The van der Waals surface area contributed by atoms with Crippen LogP contribution in [0.2, 0.25) is 0 Å². The molecule has 1 aromatic carbocycles. The van der Waals surface area contributed by atoms with E-state index in [9.17, 15) is 5.11 Å². The van der Waals surface area contributed by atoms with Gasteiger partial charge in [-0.3, -0.25) is 0 Å². The minimum atomic E-state index is -0.166. The molecule has 0 unspecified atom stereocenters. The van der Waals surface area contributed by atoms with Gasteiger partial charge in [0, 0.05) is 11.7 Å². The van der Waals surface area contributed by atoms with Gasteiger partial charge < -0.3 is 9.67 Å². The molecule has 2 atom stereocenters. The summed E-state index contributed by atoms with van der Waals surface area (Å²) in [6.07, 6.45) is 5.11. The molecule has 3 rings (SSSR count). The van der Waals surface area contributed by atoms with Crippen LogP contribution in [0.1, 0.15) is 25.3 Å².